The Labute approximate surface area is 165 Å². The minimum absolute atomic E-state index is 0. The number of hydrogen-bond acceptors (Lipinski definition) is 2. The van der Waals surface area contributed by atoms with Crippen molar-refractivity contribution in [2.75, 3.05) is 39.4 Å². The van der Waals surface area contributed by atoms with E-state index in [0.29, 0.717) is 5.41 Å². The van der Waals surface area contributed by atoms with Gasteiger partial charge in [-0.25, -0.2) is 0 Å². The first-order valence-corrected chi connectivity index (χ1v) is 9.76. The van der Waals surface area contributed by atoms with E-state index in [9.17, 15) is 0 Å². The smallest absolute Gasteiger partial charge is 0.193 e. The molecular weight excluding hydrogens is 413 g/mol. The molecule has 2 aliphatic heterocycles. The Morgan fingerprint density at radius 2 is 1.75 bits per heavy atom. The number of aliphatic imine (C=N–C) groups is 1. The molecule has 0 atom stereocenters. The largest absolute Gasteiger partial charge is 0.380 e. The second kappa shape index (κ2) is 9.06. The average molecular weight is 449 g/mol. The van der Waals surface area contributed by atoms with Crippen LogP contribution in [0.15, 0.2) is 4.99 Å². The summed E-state index contributed by atoms with van der Waals surface area (Å²) < 4.78 is 5.38. The molecule has 2 heterocycles. The van der Waals surface area contributed by atoms with Gasteiger partial charge in [0.05, 0.1) is 19.8 Å². The molecule has 0 aromatic heterocycles. The maximum absolute atomic E-state index is 5.38. The molecule has 0 amide bonds. The molecule has 2 saturated heterocycles. The highest BCUT2D eigenvalue weighted by Gasteiger charge is 2.37. The van der Waals surface area contributed by atoms with Crippen molar-refractivity contribution >= 4 is 29.9 Å². The predicted molar refractivity (Wildman–Crippen MR) is 111 cm³/mol. The number of nitrogens with zero attached hydrogens (tertiary/aromatic N) is 2. The third-order valence-electron chi connectivity index (χ3n) is 5.97. The summed E-state index contributed by atoms with van der Waals surface area (Å²) in [5, 5.41) is 3.55. The van der Waals surface area contributed by atoms with E-state index in [1.54, 1.807) is 0 Å². The molecule has 0 aromatic rings. The fourth-order valence-electron chi connectivity index (χ4n) is 4.51. The first kappa shape index (κ1) is 20.3. The zero-order valence-electron chi connectivity index (χ0n) is 15.6. The molecule has 3 rings (SSSR count). The maximum atomic E-state index is 5.38. The van der Waals surface area contributed by atoms with E-state index >= 15 is 0 Å². The minimum Gasteiger partial charge on any atom is -0.380 e. The molecule has 5 heteroatoms. The van der Waals surface area contributed by atoms with Crippen LogP contribution in [-0.2, 0) is 4.74 Å². The van der Waals surface area contributed by atoms with Gasteiger partial charge in [-0.3, -0.25) is 4.99 Å². The highest BCUT2D eigenvalue weighted by molar-refractivity contribution is 14.0. The molecule has 0 radical (unpaired) electrons. The number of hydrogen-bond donors (Lipinski definition) is 1. The molecule has 1 N–H and O–H groups in total. The van der Waals surface area contributed by atoms with Crippen molar-refractivity contribution in [3.05, 3.63) is 0 Å². The third kappa shape index (κ3) is 4.99. The molecule has 24 heavy (non-hydrogen) atoms. The van der Waals surface area contributed by atoms with Gasteiger partial charge in [-0.1, -0.05) is 32.6 Å². The Morgan fingerprint density at radius 1 is 1.08 bits per heavy atom. The van der Waals surface area contributed by atoms with Gasteiger partial charge in [-0.05, 0) is 38.0 Å². The van der Waals surface area contributed by atoms with Gasteiger partial charge in [0.2, 0.25) is 0 Å². The third-order valence-corrected chi connectivity index (χ3v) is 5.97. The lowest BCUT2D eigenvalue weighted by molar-refractivity contribution is -0.0946. The zero-order chi connectivity index (χ0) is 16.2. The summed E-state index contributed by atoms with van der Waals surface area (Å²) in [5.41, 5.74) is 0.824. The topological polar surface area (TPSA) is 36.9 Å². The monoisotopic (exact) mass is 449 g/mol. The van der Waals surface area contributed by atoms with Gasteiger partial charge in [0.15, 0.2) is 5.96 Å². The van der Waals surface area contributed by atoms with Gasteiger partial charge in [0.1, 0.15) is 0 Å². The molecule has 1 spiro atoms. The van der Waals surface area contributed by atoms with E-state index in [0.717, 1.165) is 32.3 Å². The van der Waals surface area contributed by atoms with Crippen LogP contribution in [0.1, 0.15) is 65.2 Å². The zero-order valence-corrected chi connectivity index (χ0v) is 17.9. The summed E-state index contributed by atoms with van der Waals surface area (Å²) >= 11 is 0. The van der Waals surface area contributed by atoms with Crippen LogP contribution < -0.4 is 5.32 Å². The Kier molecular flexibility index (Phi) is 7.65. The lowest BCUT2D eigenvalue weighted by Crippen LogP contribution is -2.51. The van der Waals surface area contributed by atoms with Crippen LogP contribution >= 0.6 is 24.0 Å². The van der Waals surface area contributed by atoms with Crippen LogP contribution in [0, 0.1) is 10.8 Å². The highest BCUT2D eigenvalue weighted by atomic mass is 127. The van der Waals surface area contributed by atoms with Crippen LogP contribution in [0.5, 0.6) is 0 Å². The van der Waals surface area contributed by atoms with Gasteiger partial charge in [0.25, 0.3) is 0 Å². The summed E-state index contributed by atoms with van der Waals surface area (Å²) in [4.78, 5) is 7.54. The van der Waals surface area contributed by atoms with Gasteiger partial charge < -0.3 is 15.0 Å². The van der Waals surface area contributed by atoms with Gasteiger partial charge in [-0.15, -0.1) is 24.0 Å². The van der Waals surface area contributed by atoms with Crippen molar-refractivity contribution in [2.45, 2.75) is 65.2 Å². The van der Waals surface area contributed by atoms with Crippen molar-refractivity contribution in [2.24, 2.45) is 15.8 Å². The van der Waals surface area contributed by atoms with Crippen molar-refractivity contribution in [3.8, 4) is 0 Å². The predicted octanol–water partition coefficient (Wildman–Crippen LogP) is 4.04. The quantitative estimate of drug-likeness (QED) is 0.402. The Morgan fingerprint density at radius 3 is 2.33 bits per heavy atom. The van der Waals surface area contributed by atoms with Crippen molar-refractivity contribution in [3.63, 3.8) is 0 Å². The van der Waals surface area contributed by atoms with Crippen LogP contribution in [0.2, 0.25) is 0 Å². The van der Waals surface area contributed by atoms with E-state index in [1.165, 1.54) is 64.5 Å². The first-order valence-electron chi connectivity index (χ1n) is 9.76. The minimum atomic E-state index is 0. The molecule has 1 saturated carbocycles. The number of likely N-dealkylation sites (tertiary alicyclic amines) is 1. The van der Waals surface area contributed by atoms with Crippen molar-refractivity contribution < 1.29 is 4.74 Å². The van der Waals surface area contributed by atoms with Crippen LogP contribution in [0.4, 0.5) is 0 Å². The number of nitrogens with one attached hydrogen (secondary N) is 1. The molecule has 0 bridgehead atoms. The van der Waals surface area contributed by atoms with Gasteiger partial charge >= 0.3 is 0 Å². The number of rotatable bonds is 3. The van der Waals surface area contributed by atoms with E-state index in [4.69, 9.17) is 9.73 Å². The lowest BCUT2D eigenvalue weighted by Gasteiger charge is -2.44. The second-order valence-corrected chi connectivity index (χ2v) is 8.41. The number of halogens is 1. The SMILES string of the molecule is CCNC(=NCC1(C)COC1)N1CCCC2(CCCCCC2)C1.I. The van der Waals surface area contributed by atoms with Gasteiger partial charge in [-0.2, -0.15) is 0 Å². The molecule has 140 valence electrons. The molecular formula is C19H36IN3O. The normalized spacial score (nSPS) is 26.2. The summed E-state index contributed by atoms with van der Waals surface area (Å²) in [7, 11) is 0. The second-order valence-electron chi connectivity index (χ2n) is 8.41. The Balaban J connectivity index is 0.00000208. The molecule has 3 aliphatic rings. The molecule has 1 aliphatic carbocycles. The summed E-state index contributed by atoms with van der Waals surface area (Å²) in [6, 6.07) is 0. The highest BCUT2D eigenvalue weighted by Crippen LogP contribution is 2.42. The van der Waals surface area contributed by atoms with Crippen LogP contribution in [0.3, 0.4) is 0 Å². The van der Waals surface area contributed by atoms with E-state index < -0.39 is 0 Å². The molecule has 3 fully saturated rings. The lowest BCUT2D eigenvalue weighted by atomic mass is 9.74. The molecule has 0 aromatic carbocycles. The maximum Gasteiger partial charge on any atom is 0.193 e. The number of piperidine rings is 1. The van der Waals surface area contributed by atoms with E-state index in [1.807, 2.05) is 0 Å². The Bertz CT molecular complexity index is 415. The molecule has 0 unspecified atom stereocenters. The average Bonchev–Trinajstić information content (AvgIpc) is 2.75. The van der Waals surface area contributed by atoms with Crippen LogP contribution in [0.25, 0.3) is 0 Å². The van der Waals surface area contributed by atoms with Crippen LogP contribution in [-0.4, -0.2) is 50.3 Å². The summed E-state index contributed by atoms with van der Waals surface area (Å²) in [6.45, 7) is 10.4. The van der Waals surface area contributed by atoms with Gasteiger partial charge in [0, 0.05) is 25.0 Å². The van der Waals surface area contributed by atoms with E-state index in [2.05, 4.69) is 24.1 Å². The van der Waals surface area contributed by atoms with E-state index in [-0.39, 0.29) is 29.4 Å². The summed E-state index contributed by atoms with van der Waals surface area (Å²) in [6.07, 6.45) is 11.3. The fourth-order valence-corrected chi connectivity index (χ4v) is 4.51. The van der Waals surface area contributed by atoms with Crippen molar-refractivity contribution in [1.29, 1.82) is 0 Å². The van der Waals surface area contributed by atoms with Crippen molar-refractivity contribution in [1.82, 2.24) is 10.2 Å². The number of ether oxygens (including phenoxy) is 1. The molecule has 4 nitrogen and oxygen atoms in total. The number of guanidine groups is 1. The Hall–Kier alpha value is -0.0400. The fraction of sp³-hybridized carbons (Fsp3) is 0.947. The standard InChI is InChI=1S/C19H35N3O.HI/c1-3-20-17(21-13-18(2)15-23-16-18)22-12-8-11-19(14-22)9-6-4-5-7-10-19;/h3-16H2,1-2H3,(H,20,21);1H. The first-order chi connectivity index (χ1) is 11.1. The summed E-state index contributed by atoms with van der Waals surface area (Å²) in [5.74, 6) is 1.14.